The Balaban J connectivity index is 2.67. The number of aryl methyl sites for hydroxylation is 1. The van der Waals surface area contributed by atoms with Gasteiger partial charge in [-0.3, -0.25) is 9.59 Å². The van der Waals surface area contributed by atoms with E-state index in [9.17, 15) is 14.4 Å². The third-order valence-electron chi connectivity index (χ3n) is 2.28. The van der Waals surface area contributed by atoms with Gasteiger partial charge in [-0.25, -0.2) is 4.79 Å². The lowest BCUT2D eigenvalue weighted by Gasteiger charge is -2.12. The summed E-state index contributed by atoms with van der Waals surface area (Å²) in [5.41, 5.74) is 5.07. The predicted octanol–water partition coefficient (Wildman–Crippen LogP) is -0.568. The summed E-state index contributed by atoms with van der Waals surface area (Å²) in [5.74, 6) is -2.20. The molecule has 8 heteroatoms. The van der Waals surface area contributed by atoms with E-state index in [4.69, 9.17) is 15.4 Å². The molecular formula is C10H13N3O5. The number of carboxylic acid groups (broad SMARTS) is 1. The second-order valence-electron chi connectivity index (χ2n) is 3.66. The normalized spacial score (nSPS) is 11.8. The van der Waals surface area contributed by atoms with Crippen LogP contribution in [0.15, 0.2) is 10.7 Å². The molecular weight excluding hydrogens is 242 g/mol. The van der Waals surface area contributed by atoms with Crippen molar-refractivity contribution >= 4 is 17.8 Å². The molecule has 0 saturated heterocycles. The van der Waals surface area contributed by atoms with E-state index in [1.807, 2.05) is 0 Å². The molecule has 0 bridgehead atoms. The molecule has 1 rings (SSSR count). The number of aromatic nitrogens is 1. The number of carbonyl (C=O) groups excluding carboxylic acids is 2. The van der Waals surface area contributed by atoms with E-state index in [2.05, 4.69) is 10.5 Å². The summed E-state index contributed by atoms with van der Waals surface area (Å²) < 4.78 is 4.69. The minimum atomic E-state index is -1.24. The SMILES string of the molecule is Cc1oncc1C(=O)NC(CCC(N)=O)C(=O)O. The van der Waals surface area contributed by atoms with E-state index < -0.39 is 23.8 Å². The second kappa shape index (κ2) is 5.80. The third-order valence-corrected chi connectivity index (χ3v) is 2.28. The van der Waals surface area contributed by atoms with Crippen molar-refractivity contribution < 1.29 is 24.0 Å². The van der Waals surface area contributed by atoms with E-state index in [0.29, 0.717) is 0 Å². The zero-order valence-electron chi connectivity index (χ0n) is 9.67. The number of amides is 2. The number of hydrogen-bond donors (Lipinski definition) is 3. The lowest BCUT2D eigenvalue weighted by molar-refractivity contribution is -0.139. The van der Waals surface area contributed by atoms with Crippen LogP contribution in [0.2, 0.25) is 0 Å². The lowest BCUT2D eigenvalue weighted by atomic mass is 10.1. The topological polar surface area (TPSA) is 136 Å². The summed E-state index contributed by atoms with van der Waals surface area (Å²) in [6.07, 6.45) is 0.998. The van der Waals surface area contributed by atoms with Crippen LogP contribution in [0, 0.1) is 6.92 Å². The summed E-state index contributed by atoms with van der Waals surface area (Å²) in [7, 11) is 0. The van der Waals surface area contributed by atoms with Crippen LogP contribution in [0.1, 0.15) is 29.0 Å². The van der Waals surface area contributed by atoms with E-state index in [0.717, 1.165) is 0 Å². The zero-order valence-corrected chi connectivity index (χ0v) is 9.67. The van der Waals surface area contributed by atoms with Gasteiger partial charge in [-0.15, -0.1) is 0 Å². The highest BCUT2D eigenvalue weighted by molar-refractivity contribution is 5.97. The fourth-order valence-corrected chi connectivity index (χ4v) is 1.30. The summed E-state index contributed by atoms with van der Waals surface area (Å²) >= 11 is 0. The van der Waals surface area contributed by atoms with Crippen molar-refractivity contribution in [2.75, 3.05) is 0 Å². The van der Waals surface area contributed by atoms with Gasteiger partial charge in [0.1, 0.15) is 17.4 Å². The van der Waals surface area contributed by atoms with Gasteiger partial charge < -0.3 is 20.7 Å². The summed E-state index contributed by atoms with van der Waals surface area (Å²) in [5, 5.41) is 14.6. The van der Waals surface area contributed by atoms with Crippen molar-refractivity contribution in [3.8, 4) is 0 Å². The molecule has 1 aromatic heterocycles. The molecule has 0 saturated carbocycles. The van der Waals surface area contributed by atoms with Crippen molar-refractivity contribution in [3.05, 3.63) is 17.5 Å². The summed E-state index contributed by atoms with van der Waals surface area (Å²) in [6, 6.07) is -1.18. The Labute approximate surface area is 102 Å². The minimum Gasteiger partial charge on any atom is -0.480 e. The van der Waals surface area contributed by atoms with Gasteiger partial charge >= 0.3 is 5.97 Å². The third kappa shape index (κ3) is 3.58. The number of hydrogen-bond acceptors (Lipinski definition) is 5. The number of nitrogens with zero attached hydrogens (tertiary/aromatic N) is 1. The van der Waals surface area contributed by atoms with Gasteiger partial charge in [0.15, 0.2) is 0 Å². The molecule has 1 unspecified atom stereocenters. The van der Waals surface area contributed by atoms with E-state index in [1.54, 1.807) is 0 Å². The van der Waals surface area contributed by atoms with Crippen LogP contribution >= 0.6 is 0 Å². The van der Waals surface area contributed by atoms with Crippen molar-refractivity contribution in [2.24, 2.45) is 5.73 Å². The fraction of sp³-hybridized carbons (Fsp3) is 0.400. The highest BCUT2D eigenvalue weighted by Gasteiger charge is 2.23. The van der Waals surface area contributed by atoms with E-state index >= 15 is 0 Å². The largest absolute Gasteiger partial charge is 0.480 e. The van der Waals surface area contributed by atoms with Gasteiger partial charge in [-0.05, 0) is 13.3 Å². The van der Waals surface area contributed by atoms with Gasteiger partial charge in [-0.2, -0.15) is 0 Å². The van der Waals surface area contributed by atoms with Crippen LogP contribution < -0.4 is 11.1 Å². The van der Waals surface area contributed by atoms with E-state index in [1.165, 1.54) is 13.1 Å². The smallest absolute Gasteiger partial charge is 0.326 e. The molecule has 0 spiro atoms. The molecule has 8 nitrogen and oxygen atoms in total. The van der Waals surface area contributed by atoms with Crippen LogP contribution in [0.5, 0.6) is 0 Å². The Morgan fingerprint density at radius 3 is 2.67 bits per heavy atom. The number of primary amides is 1. The maximum atomic E-state index is 11.7. The monoisotopic (exact) mass is 255 g/mol. The average Bonchev–Trinajstić information content (AvgIpc) is 2.69. The first-order valence-corrected chi connectivity index (χ1v) is 5.15. The molecule has 98 valence electrons. The molecule has 1 heterocycles. The van der Waals surface area contributed by atoms with Crippen LogP contribution in [-0.4, -0.2) is 34.1 Å². The molecule has 2 amide bonds. The highest BCUT2D eigenvalue weighted by atomic mass is 16.5. The molecule has 1 atom stereocenters. The summed E-state index contributed by atoms with van der Waals surface area (Å²) in [6.45, 7) is 1.53. The fourth-order valence-electron chi connectivity index (χ4n) is 1.30. The van der Waals surface area contributed by atoms with Crippen LogP contribution in [-0.2, 0) is 9.59 Å². The maximum absolute atomic E-state index is 11.7. The summed E-state index contributed by atoms with van der Waals surface area (Å²) in [4.78, 5) is 33.2. The Hall–Kier alpha value is -2.38. The van der Waals surface area contributed by atoms with Crippen molar-refractivity contribution in [2.45, 2.75) is 25.8 Å². The molecule has 0 aromatic carbocycles. The zero-order chi connectivity index (χ0) is 13.7. The molecule has 0 aliphatic heterocycles. The Bertz CT molecular complexity index is 468. The Morgan fingerprint density at radius 2 is 2.22 bits per heavy atom. The van der Waals surface area contributed by atoms with Crippen molar-refractivity contribution in [1.82, 2.24) is 10.5 Å². The van der Waals surface area contributed by atoms with Gasteiger partial charge in [-0.1, -0.05) is 5.16 Å². The average molecular weight is 255 g/mol. The second-order valence-corrected chi connectivity index (χ2v) is 3.66. The quantitative estimate of drug-likeness (QED) is 0.622. The first kappa shape index (κ1) is 13.7. The Morgan fingerprint density at radius 1 is 1.56 bits per heavy atom. The van der Waals surface area contributed by atoms with Gasteiger partial charge in [0.2, 0.25) is 5.91 Å². The first-order chi connectivity index (χ1) is 8.41. The molecule has 0 aliphatic rings. The predicted molar refractivity (Wildman–Crippen MR) is 58.6 cm³/mol. The highest BCUT2D eigenvalue weighted by Crippen LogP contribution is 2.07. The number of nitrogens with two attached hydrogens (primary N) is 1. The Kier molecular flexibility index (Phi) is 4.41. The molecule has 0 fully saturated rings. The minimum absolute atomic E-state index is 0.0687. The van der Waals surface area contributed by atoms with Crippen LogP contribution in [0.3, 0.4) is 0 Å². The molecule has 1 aromatic rings. The van der Waals surface area contributed by atoms with E-state index in [-0.39, 0.29) is 24.2 Å². The van der Waals surface area contributed by atoms with Crippen molar-refractivity contribution in [1.29, 1.82) is 0 Å². The molecule has 18 heavy (non-hydrogen) atoms. The molecule has 0 aliphatic carbocycles. The standard InChI is InChI=1S/C10H13N3O5/c1-5-6(4-12-18-5)9(15)13-7(10(16)17)2-3-8(11)14/h4,7H,2-3H2,1H3,(H2,11,14)(H,13,15)(H,16,17). The van der Waals surface area contributed by atoms with Crippen LogP contribution in [0.25, 0.3) is 0 Å². The number of aliphatic carboxylic acids is 1. The van der Waals surface area contributed by atoms with Gasteiger partial charge in [0, 0.05) is 6.42 Å². The maximum Gasteiger partial charge on any atom is 0.326 e. The van der Waals surface area contributed by atoms with Gasteiger partial charge in [0.25, 0.3) is 5.91 Å². The molecule has 0 radical (unpaired) electrons. The molecule has 4 N–H and O–H groups in total. The van der Waals surface area contributed by atoms with Crippen molar-refractivity contribution in [3.63, 3.8) is 0 Å². The number of rotatable bonds is 6. The van der Waals surface area contributed by atoms with Crippen LogP contribution in [0.4, 0.5) is 0 Å². The van der Waals surface area contributed by atoms with Gasteiger partial charge in [0.05, 0.1) is 6.20 Å². The number of carbonyl (C=O) groups is 3. The first-order valence-electron chi connectivity index (χ1n) is 5.15. The lowest BCUT2D eigenvalue weighted by Crippen LogP contribution is -2.41. The number of nitrogens with one attached hydrogen (secondary N) is 1. The number of carboxylic acids is 1.